The maximum Gasteiger partial charge on any atom is 0.420 e. The summed E-state index contributed by atoms with van der Waals surface area (Å²) in [4.78, 5) is 0. The average molecular weight is 402 g/mol. The molecule has 0 spiro atoms. The van der Waals surface area contributed by atoms with Crippen LogP contribution in [0.1, 0.15) is 18.2 Å². The SMILES string of the molecule is CC1=C(c2ccc(F)cc2)[B-](c2ccc(F)cc2)(c2ccc(F)cc2)[o+]2cccc21. The smallest absolute Gasteiger partial charge is 0.420 e. The molecular formula is C25H18BF3O. The van der Waals surface area contributed by atoms with Crippen molar-refractivity contribution in [2.24, 2.45) is 0 Å². The fourth-order valence-corrected chi connectivity index (χ4v) is 4.91. The van der Waals surface area contributed by atoms with Crippen molar-refractivity contribution in [1.82, 2.24) is 0 Å². The summed E-state index contributed by atoms with van der Waals surface area (Å²) in [7, 11) is 0. The highest BCUT2D eigenvalue weighted by molar-refractivity contribution is 7.12. The molecule has 1 nitrogen and oxygen atoms in total. The van der Waals surface area contributed by atoms with Crippen LogP contribution in [0.4, 0.5) is 13.2 Å². The van der Waals surface area contributed by atoms with Gasteiger partial charge in [-0.05, 0) is 43.3 Å². The molecule has 3 aromatic carbocycles. The molecule has 1 aliphatic heterocycles. The van der Waals surface area contributed by atoms with Crippen molar-refractivity contribution in [1.29, 1.82) is 0 Å². The molecule has 0 amide bonds. The lowest BCUT2D eigenvalue weighted by atomic mass is 9.27. The zero-order valence-corrected chi connectivity index (χ0v) is 16.3. The molecule has 0 N–H and O–H groups in total. The zero-order valence-electron chi connectivity index (χ0n) is 16.3. The van der Waals surface area contributed by atoms with Crippen LogP contribution in [0.3, 0.4) is 0 Å². The predicted octanol–water partition coefficient (Wildman–Crippen LogP) is 5.48. The van der Waals surface area contributed by atoms with Crippen LogP contribution in [-0.2, 0) is 0 Å². The highest BCUT2D eigenvalue weighted by Gasteiger charge is 2.51. The van der Waals surface area contributed by atoms with Gasteiger partial charge in [0.15, 0.2) is 6.26 Å². The van der Waals surface area contributed by atoms with Crippen LogP contribution in [0.25, 0.3) is 11.0 Å². The van der Waals surface area contributed by atoms with E-state index in [9.17, 15) is 13.2 Å². The Labute approximate surface area is 172 Å². The van der Waals surface area contributed by atoms with Gasteiger partial charge in [0.2, 0.25) is 5.76 Å². The lowest BCUT2D eigenvalue weighted by molar-refractivity contribution is 0.375. The molecule has 0 atom stereocenters. The molecular weight excluding hydrogens is 384 g/mol. The molecule has 0 aliphatic carbocycles. The van der Waals surface area contributed by atoms with Gasteiger partial charge in [0.1, 0.15) is 17.5 Å². The largest absolute Gasteiger partial charge is 0.777 e. The van der Waals surface area contributed by atoms with Gasteiger partial charge in [-0.2, -0.15) is 0 Å². The van der Waals surface area contributed by atoms with E-state index in [0.29, 0.717) is 0 Å². The first-order valence-corrected chi connectivity index (χ1v) is 9.78. The second-order valence-corrected chi connectivity index (χ2v) is 7.67. The number of fused-ring (bicyclic) bond motifs is 1. The third-order valence-corrected chi connectivity index (χ3v) is 6.12. The number of rotatable bonds is 3. The van der Waals surface area contributed by atoms with Crippen molar-refractivity contribution in [3.63, 3.8) is 0 Å². The van der Waals surface area contributed by atoms with E-state index in [4.69, 9.17) is 0 Å². The Hall–Kier alpha value is -3.47. The molecule has 5 heteroatoms. The number of benzene rings is 3. The lowest BCUT2D eigenvalue weighted by Crippen LogP contribution is -2.59. The summed E-state index contributed by atoms with van der Waals surface area (Å²) in [5, 5.41) is 0. The van der Waals surface area contributed by atoms with E-state index in [-0.39, 0.29) is 17.5 Å². The van der Waals surface area contributed by atoms with Crippen molar-refractivity contribution >= 4 is 28.3 Å². The predicted molar refractivity (Wildman–Crippen MR) is 115 cm³/mol. The molecule has 0 bridgehead atoms. The van der Waals surface area contributed by atoms with Gasteiger partial charge in [-0.3, -0.25) is 0 Å². The zero-order chi connectivity index (χ0) is 20.9. The van der Waals surface area contributed by atoms with Gasteiger partial charge in [0.05, 0.1) is 0 Å². The van der Waals surface area contributed by atoms with Gasteiger partial charge in [0.25, 0.3) is 0 Å². The minimum Gasteiger partial charge on any atom is -0.777 e. The van der Waals surface area contributed by atoms with Crippen LogP contribution in [0.2, 0.25) is 0 Å². The van der Waals surface area contributed by atoms with Crippen molar-refractivity contribution in [2.75, 3.05) is 0 Å². The molecule has 0 radical (unpaired) electrons. The number of hydrogen-bond donors (Lipinski definition) is 0. The van der Waals surface area contributed by atoms with E-state index < -0.39 is 6.35 Å². The van der Waals surface area contributed by atoms with Gasteiger partial charge in [-0.25, -0.2) is 13.2 Å². The quantitative estimate of drug-likeness (QED) is 0.316. The van der Waals surface area contributed by atoms with Crippen LogP contribution in [0, 0.1) is 17.5 Å². The first-order chi connectivity index (χ1) is 14.5. The molecule has 5 rings (SSSR count). The summed E-state index contributed by atoms with van der Waals surface area (Å²) in [6.45, 7) is 2.02. The van der Waals surface area contributed by atoms with Crippen molar-refractivity contribution in [2.45, 2.75) is 6.92 Å². The Morgan fingerprint density at radius 2 is 1.10 bits per heavy atom. The van der Waals surface area contributed by atoms with Gasteiger partial charge in [0, 0.05) is 17.7 Å². The summed E-state index contributed by atoms with van der Waals surface area (Å²) in [5.74, 6) is -0.0287. The van der Waals surface area contributed by atoms with Crippen LogP contribution in [0.15, 0.2) is 95.2 Å². The normalized spacial score (nSPS) is 14.8. The van der Waals surface area contributed by atoms with E-state index in [1.165, 1.54) is 36.4 Å². The minimum atomic E-state index is -1.86. The number of furan rings is 1. The Kier molecular flexibility index (Phi) is 4.21. The monoisotopic (exact) mass is 402 g/mol. The second kappa shape index (κ2) is 6.80. The highest BCUT2D eigenvalue weighted by Crippen LogP contribution is 2.46. The minimum absolute atomic E-state index is 0.316. The van der Waals surface area contributed by atoms with E-state index in [2.05, 4.69) is 3.96 Å². The molecule has 2 heterocycles. The van der Waals surface area contributed by atoms with Crippen LogP contribution in [0.5, 0.6) is 0 Å². The van der Waals surface area contributed by atoms with Crippen molar-refractivity contribution in [3.05, 3.63) is 120 Å². The maximum absolute atomic E-state index is 13.8. The maximum atomic E-state index is 13.8. The molecule has 0 saturated heterocycles. The van der Waals surface area contributed by atoms with Gasteiger partial charge in [-0.1, -0.05) is 47.4 Å². The van der Waals surface area contributed by atoms with E-state index in [1.54, 1.807) is 36.4 Å². The summed E-state index contributed by atoms with van der Waals surface area (Å²) in [5.41, 5.74) is 4.58. The number of allylic oxidation sites excluding steroid dienone is 1. The molecule has 0 fully saturated rings. The van der Waals surface area contributed by atoms with Crippen LogP contribution in [-0.4, -0.2) is 6.35 Å². The van der Waals surface area contributed by atoms with Crippen molar-refractivity contribution < 1.29 is 17.1 Å². The van der Waals surface area contributed by atoms with Crippen LogP contribution < -0.4 is 10.9 Å². The van der Waals surface area contributed by atoms with Crippen LogP contribution >= 0.6 is 0 Å². The molecule has 0 unspecified atom stereocenters. The first-order valence-electron chi connectivity index (χ1n) is 9.78. The lowest BCUT2D eigenvalue weighted by Gasteiger charge is -2.39. The van der Waals surface area contributed by atoms with E-state index in [1.807, 2.05) is 25.3 Å². The summed E-state index contributed by atoms with van der Waals surface area (Å²) < 4.78 is 44.6. The molecule has 1 aromatic heterocycles. The molecule has 1 aliphatic rings. The Morgan fingerprint density at radius 3 is 1.60 bits per heavy atom. The third-order valence-electron chi connectivity index (χ3n) is 6.12. The summed E-state index contributed by atoms with van der Waals surface area (Å²) in [6, 6.07) is 23.1. The molecule has 148 valence electrons. The first kappa shape index (κ1) is 18.6. The topological polar surface area (TPSA) is 2.70 Å². The Morgan fingerprint density at radius 1 is 0.633 bits per heavy atom. The summed E-state index contributed by atoms with van der Waals surface area (Å²) >= 11 is 0. The molecule has 4 aromatic rings. The summed E-state index contributed by atoms with van der Waals surface area (Å²) in [6.07, 6.45) is 0.0615. The number of halogens is 3. The fraction of sp³-hybridized carbons (Fsp3) is 0.0400. The average Bonchev–Trinajstić information content (AvgIpc) is 3.32. The molecule has 30 heavy (non-hydrogen) atoms. The second-order valence-electron chi connectivity index (χ2n) is 7.67. The van der Waals surface area contributed by atoms with Crippen molar-refractivity contribution in [3.8, 4) is 0 Å². The van der Waals surface area contributed by atoms with E-state index >= 15 is 0 Å². The Balaban J connectivity index is 1.91. The van der Waals surface area contributed by atoms with Gasteiger partial charge >= 0.3 is 6.35 Å². The number of hydrogen-bond acceptors (Lipinski definition) is 0. The van der Waals surface area contributed by atoms with Gasteiger partial charge < -0.3 is 3.96 Å². The Bertz CT molecular complexity index is 1210. The van der Waals surface area contributed by atoms with Gasteiger partial charge in [-0.15, -0.1) is 10.9 Å². The third kappa shape index (κ3) is 2.58. The standard InChI is InChI=1S/C25H18BF3O/c1-17-24-3-2-16-30(24)26(19-6-12-22(28)13-7-19,20-8-14-23(29)15-9-20)25(17)18-4-10-21(27)11-5-18/h2-16H,1H3. The fourth-order valence-electron chi connectivity index (χ4n) is 4.91. The highest BCUT2D eigenvalue weighted by atomic mass is 19.1. The molecule has 0 saturated carbocycles. The van der Waals surface area contributed by atoms with E-state index in [0.717, 1.165) is 33.3 Å².